The minimum Gasteiger partial charge on any atom is -0.464 e. The lowest BCUT2D eigenvalue weighted by Gasteiger charge is -2.23. The summed E-state index contributed by atoms with van der Waals surface area (Å²) < 4.78 is 12.0. The van der Waals surface area contributed by atoms with Crippen molar-refractivity contribution in [2.24, 2.45) is 0 Å². The summed E-state index contributed by atoms with van der Waals surface area (Å²) in [6.07, 6.45) is 5.81. The van der Waals surface area contributed by atoms with Crippen LogP contribution in [-0.4, -0.2) is 52.1 Å². The molecular weight excluding hydrogens is 358 g/mol. The van der Waals surface area contributed by atoms with Crippen LogP contribution in [0.3, 0.4) is 0 Å². The Balaban J connectivity index is 2.03. The molecule has 1 aliphatic carbocycles. The van der Waals surface area contributed by atoms with Gasteiger partial charge in [-0.3, -0.25) is 4.68 Å². The first-order valence-electron chi connectivity index (χ1n) is 9.00. The number of hydrogen-bond donors (Lipinski definition) is 1. The Bertz CT molecular complexity index is 773. The van der Waals surface area contributed by atoms with Gasteiger partial charge in [-0.1, -0.05) is 19.3 Å². The van der Waals surface area contributed by atoms with E-state index in [0.717, 1.165) is 12.8 Å². The lowest BCUT2D eigenvalue weighted by atomic mass is 9.95. The van der Waals surface area contributed by atoms with Gasteiger partial charge in [0, 0.05) is 12.6 Å². The van der Waals surface area contributed by atoms with Gasteiger partial charge in [-0.25, -0.2) is 9.78 Å². The smallest absolute Gasteiger partial charge is 0.360 e. The predicted molar refractivity (Wildman–Crippen MR) is 98.7 cm³/mol. The largest absolute Gasteiger partial charge is 0.464 e. The van der Waals surface area contributed by atoms with E-state index in [1.165, 1.54) is 26.4 Å². The summed E-state index contributed by atoms with van der Waals surface area (Å²) >= 11 is 6.12. The van der Waals surface area contributed by atoms with Crippen molar-refractivity contribution in [3.05, 3.63) is 11.0 Å². The number of anilines is 1. The maximum Gasteiger partial charge on any atom is 0.360 e. The standard InChI is InChI=1S/C17H24ClN5O3/c1-3-26-10-9-23-14-12(13(22-23)16(24)25-2)20-17(18)21-15(14)19-11-7-5-4-6-8-11/h11H,3-10H2,1-2H3,(H,19,20,21). The summed E-state index contributed by atoms with van der Waals surface area (Å²) in [5.41, 5.74) is 1.18. The first kappa shape index (κ1) is 18.8. The zero-order valence-electron chi connectivity index (χ0n) is 15.1. The second-order valence-corrected chi connectivity index (χ2v) is 6.62. The van der Waals surface area contributed by atoms with E-state index < -0.39 is 5.97 Å². The van der Waals surface area contributed by atoms with Crippen LogP contribution in [0.4, 0.5) is 5.82 Å². The third-order valence-electron chi connectivity index (χ3n) is 4.54. The molecule has 3 rings (SSSR count). The first-order valence-corrected chi connectivity index (χ1v) is 9.38. The number of methoxy groups -OCH3 is 1. The van der Waals surface area contributed by atoms with Crippen molar-refractivity contribution < 1.29 is 14.3 Å². The number of fused-ring (bicyclic) bond motifs is 1. The van der Waals surface area contributed by atoms with Gasteiger partial charge in [0.15, 0.2) is 11.5 Å². The summed E-state index contributed by atoms with van der Waals surface area (Å²) in [7, 11) is 1.32. The van der Waals surface area contributed by atoms with Crippen LogP contribution in [0.2, 0.25) is 5.28 Å². The number of esters is 1. The van der Waals surface area contributed by atoms with Crippen molar-refractivity contribution >= 4 is 34.4 Å². The Morgan fingerprint density at radius 3 is 2.77 bits per heavy atom. The predicted octanol–water partition coefficient (Wildman–Crippen LogP) is 3.05. The maximum atomic E-state index is 12.1. The van der Waals surface area contributed by atoms with Crippen molar-refractivity contribution in [3.8, 4) is 0 Å². The lowest BCUT2D eigenvalue weighted by molar-refractivity contribution is 0.0594. The maximum absolute atomic E-state index is 12.1. The number of aromatic nitrogens is 4. The van der Waals surface area contributed by atoms with Gasteiger partial charge in [-0.05, 0) is 31.4 Å². The molecule has 0 atom stereocenters. The number of nitrogens with one attached hydrogen (secondary N) is 1. The van der Waals surface area contributed by atoms with Crippen LogP contribution < -0.4 is 5.32 Å². The molecule has 0 aromatic carbocycles. The number of rotatable bonds is 7. The molecular formula is C17H24ClN5O3. The number of halogens is 1. The number of carbonyl (C=O) groups is 1. The molecule has 1 saturated carbocycles. The zero-order chi connectivity index (χ0) is 18.5. The molecule has 0 saturated heterocycles. The molecule has 142 valence electrons. The van der Waals surface area contributed by atoms with Crippen molar-refractivity contribution in [1.82, 2.24) is 19.7 Å². The summed E-state index contributed by atoms with van der Waals surface area (Å²) in [5, 5.41) is 7.94. The zero-order valence-corrected chi connectivity index (χ0v) is 15.9. The van der Waals surface area contributed by atoms with Crippen LogP contribution >= 0.6 is 11.6 Å². The van der Waals surface area contributed by atoms with Gasteiger partial charge in [0.25, 0.3) is 0 Å². The van der Waals surface area contributed by atoms with E-state index in [9.17, 15) is 4.79 Å². The monoisotopic (exact) mass is 381 g/mol. The van der Waals surface area contributed by atoms with Crippen LogP contribution in [0.5, 0.6) is 0 Å². The SMILES string of the molecule is CCOCCn1nc(C(=O)OC)c2nc(Cl)nc(NC3CCCCC3)c21. The third-order valence-corrected chi connectivity index (χ3v) is 4.71. The molecule has 0 unspecified atom stereocenters. The minimum atomic E-state index is -0.552. The highest BCUT2D eigenvalue weighted by atomic mass is 35.5. The van der Waals surface area contributed by atoms with Gasteiger partial charge < -0.3 is 14.8 Å². The number of nitrogens with zero attached hydrogens (tertiary/aromatic N) is 4. The van der Waals surface area contributed by atoms with E-state index in [2.05, 4.69) is 20.4 Å². The quantitative estimate of drug-likeness (QED) is 0.447. The molecule has 1 N–H and O–H groups in total. The summed E-state index contributed by atoms with van der Waals surface area (Å²) in [6.45, 7) is 3.49. The van der Waals surface area contributed by atoms with E-state index in [1.54, 1.807) is 4.68 Å². The van der Waals surface area contributed by atoms with Gasteiger partial charge in [-0.15, -0.1) is 0 Å². The average molecular weight is 382 g/mol. The number of ether oxygens (including phenoxy) is 2. The van der Waals surface area contributed by atoms with Crippen molar-refractivity contribution in [1.29, 1.82) is 0 Å². The van der Waals surface area contributed by atoms with E-state index >= 15 is 0 Å². The van der Waals surface area contributed by atoms with E-state index in [1.807, 2.05) is 6.92 Å². The van der Waals surface area contributed by atoms with Crippen molar-refractivity contribution in [3.63, 3.8) is 0 Å². The van der Waals surface area contributed by atoms with Crippen LogP contribution in [0.1, 0.15) is 49.5 Å². The first-order chi connectivity index (χ1) is 12.6. The second kappa shape index (κ2) is 8.64. The van der Waals surface area contributed by atoms with Crippen LogP contribution in [0.25, 0.3) is 11.0 Å². The van der Waals surface area contributed by atoms with E-state index in [0.29, 0.717) is 42.7 Å². The van der Waals surface area contributed by atoms with E-state index in [-0.39, 0.29) is 11.0 Å². The van der Waals surface area contributed by atoms with Crippen LogP contribution in [-0.2, 0) is 16.0 Å². The Morgan fingerprint density at radius 2 is 2.08 bits per heavy atom. The molecule has 1 aliphatic rings. The molecule has 9 heteroatoms. The number of carbonyl (C=O) groups excluding carboxylic acids is 1. The minimum absolute atomic E-state index is 0.0744. The van der Waals surface area contributed by atoms with Gasteiger partial charge in [-0.2, -0.15) is 10.1 Å². The molecule has 0 bridgehead atoms. The molecule has 0 aliphatic heterocycles. The molecule has 0 amide bonds. The second-order valence-electron chi connectivity index (χ2n) is 6.28. The van der Waals surface area contributed by atoms with Crippen LogP contribution in [0, 0.1) is 0 Å². The topological polar surface area (TPSA) is 91.2 Å². The van der Waals surface area contributed by atoms with Crippen molar-refractivity contribution in [2.75, 3.05) is 25.6 Å². The Kier molecular flexibility index (Phi) is 6.26. The molecule has 26 heavy (non-hydrogen) atoms. The fourth-order valence-corrected chi connectivity index (χ4v) is 3.46. The highest BCUT2D eigenvalue weighted by Gasteiger charge is 2.25. The fraction of sp³-hybridized carbons (Fsp3) is 0.647. The Morgan fingerprint density at radius 1 is 1.31 bits per heavy atom. The van der Waals surface area contributed by atoms with Gasteiger partial charge in [0.1, 0.15) is 11.0 Å². The van der Waals surface area contributed by atoms with Gasteiger partial charge >= 0.3 is 5.97 Å². The average Bonchev–Trinajstić information content (AvgIpc) is 3.00. The van der Waals surface area contributed by atoms with Crippen LogP contribution in [0.15, 0.2) is 0 Å². The molecule has 2 aromatic rings. The molecule has 0 radical (unpaired) electrons. The highest BCUT2D eigenvalue weighted by Crippen LogP contribution is 2.28. The third kappa shape index (κ3) is 4.07. The van der Waals surface area contributed by atoms with Crippen molar-refractivity contribution in [2.45, 2.75) is 51.6 Å². The lowest BCUT2D eigenvalue weighted by Crippen LogP contribution is -2.23. The normalized spacial score (nSPS) is 15.3. The highest BCUT2D eigenvalue weighted by molar-refractivity contribution is 6.29. The van der Waals surface area contributed by atoms with Gasteiger partial charge in [0.2, 0.25) is 5.28 Å². The molecule has 2 heterocycles. The fourth-order valence-electron chi connectivity index (χ4n) is 3.29. The van der Waals surface area contributed by atoms with Gasteiger partial charge in [0.05, 0.1) is 20.3 Å². The summed E-state index contributed by atoms with van der Waals surface area (Å²) in [5.74, 6) is 0.0506. The molecule has 1 fully saturated rings. The molecule has 0 spiro atoms. The van der Waals surface area contributed by atoms with E-state index in [4.69, 9.17) is 21.1 Å². The summed E-state index contributed by atoms with van der Waals surface area (Å²) in [4.78, 5) is 20.7. The molecule has 2 aromatic heterocycles. The number of hydrogen-bond acceptors (Lipinski definition) is 7. The Labute approximate surface area is 157 Å². The molecule has 8 nitrogen and oxygen atoms in total. The Hall–Kier alpha value is -1.93. The summed E-state index contributed by atoms with van der Waals surface area (Å²) in [6, 6.07) is 0.328.